The Balaban J connectivity index is 1.76. The van der Waals surface area contributed by atoms with Gasteiger partial charge in [0.25, 0.3) is 5.91 Å². The molecule has 0 spiro atoms. The molecule has 2 aromatic rings. The van der Waals surface area contributed by atoms with E-state index in [-0.39, 0.29) is 17.1 Å². The minimum atomic E-state index is -0.249. The lowest BCUT2D eigenvalue weighted by molar-refractivity contribution is 0.0976. The third kappa shape index (κ3) is 8.52. The summed E-state index contributed by atoms with van der Waals surface area (Å²) in [6, 6.07) is 14.9. The van der Waals surface area contributed by atoms with Gasteiger partial charge in [-0.25, -0.2) is 0 Å². The van der Waals surface area contributed by atoms with Gasteiger partial charge >= 0.3 is 0 Å². The Morgan fingerprint density at radius 3 is 2.28 bits per heavy atom. The number of carbonyl (C=O) groups is 1. The van der Waals surface area contributed by atoms with Crippen molar-refractivity contribution in [2.24, 2.45) is 0 Å². The minimum Gasteiger partial charge on any atom is -0.494 e. The Kier molecular flexibility index (Phi) is 9.44. The molecule has 1 amide bonds. The summed E-state index contributed by atoms with van der Waals surface area (Å²) in [6.07, 6.45) is 3.49. The van der Waals surface area contributed by atoms with Crippen LogP contribution >= 0.6 is 12.2 Å². The van der Waals surface area contributed by atoms with Crippen LogP contribution in [0.1, 0.15) is 56.0 Å². The summed E-state index contributed by atoms with van der Waals surface area (Å²) in [5, 5.41) is 6.03. The molecule has 0 atom stereocenters. The molecule has 0 saturated carbocycles. The first-order valence-corrected chi connectivity index (χ1v) is 10.5. The van der Waals surface area contributed by atoms with Gasteiger partial charge in [-0.1, -0.05) is 31.9 Å². The molecule has 0 saturated heterocycles. The minimum absolute atomic E-state index is 0.142. The molecule has 6 heteroatoms. The maximum atomic E-state index is 12.3. The summed E-state index contributed by atoms with van der Waals surface area (Å²) in [4.78, 5) is 12.3. The first kappa shape index (κ1) is 22.7. The zero-order chi connectivity index (χ0) is 21.1. The van der Waals surface area contributed by atoms with Crippen molar-refractivity contribution in [3.05, 3.63) is 59.7 Å². The van der Waals surface area contributed by atoms with Gasteiger partial charge in [0.1, 0.15) is 11.5 Å². The smallest absolute Gasteiger partial charge is 0.257 e. The maximum Gasteiger partial charge on any atom is 0.257 e. The van der Waals surface area contributed by atoms with Crippen LogP contribution < -0.4 is 20.1 Å². The van der Waals surface area contributed by atoms with E-state index in [1.54, 1.807) is 24.3 Å². The number of amides is 1. The molecule has 0 aromatic heterocycles. The second-order valence-corrected chi connectivity index (χ2v) is 7.44. The van der Waals surface area contributed by atoms with Crippen molar-refractivity contribution in [2.75, 3.05) is 6.61 Å². The molecule has 29 heavy (non-hydrogen) atoms. The van der Waals surface area contributed by atoms with Crippen LogP contribution in [0.15, 0.2) is 48.5 Å². The van der Waals surface area contributed by atoms with Crippen molar-refractivity contribution in [1.29, 1.82) is 0 Å². The number of ether oxygens (including phenoxy) is 2. The number of unbranched alkanes of at least 4 members (excludes halogenated alkanes) is 2. The molecule has 0 heterocycles. The topological polar surface area (TPSA) is 59.6 Å². The summed E-state index contributed by atoms with van der Waals surface area (Å²) >= 11 is 5.23. The quantitative estimate of drug-likeness (QED) is 0.430. The van der Waals surface area contributed by atoms with E-state index in [1.807, 2.05) is 38.1 Å². The van der Waals surface area contributed by atoms with E-state index in [0.29, 0.717) is 18.7 Å². The van der Waals surface area contributed by atoms with Crippen molar-refractivity contribution >= 4 is 23.2 Å². The number of hydrogen-bond donors (Lipinski definition) is 2. The van der Waals surface area contributed by atoms with Crippen LogP contribution in [-0.4, -0.2) is 23.7 Å². The Bertz CT molecular complexity index is 774. The molecule has 0 unspecified atom stereocenters. The summed E-state index contributed by atoms with van der Waals surface area (Å²) in [7, 11) is 0. The number of carbonyl (C=O) groups excluding carboxylic acids is 1. The van der Waals surface area contributed by atoms with E-state index in [0.717, 1.165) is 36.3 Å². The third-order valence-corrected chi connectivity index (χ3v) is 4.35. The molecule has 0 radical (unpaired) electrons. The van der Waals surface area contributed by atoms with Gasteiger partial charge in [0.15, 0.2) is 5.11 Å². The van der Waals surface area contributed by atoms with Crippen molar-refractivity contribution in [1.82, 2.24) is 10.6 Å². The number of nitrogens with one attached hydrogen (secondary N) is 2. The largest absolute Gasteiger partial charge is 0.494 e. The molecule has 0 fully saturated rings. The van der Waals surface area contributed by atoms with Crippen molar-refractivity contribution in [2.45, 2.75) is 52.7 Å². The Labute approximate surface area is 178 Å². The van der Waals surface area contributed by atoms with E-state index in [4.69, 9.17) is 21.7 Å². The molecular weight excluding hydrogens is 384 g/mol. The van der Waals surface area contributed by atoms with Crippen LogP contribution in [0.5, 0.6) is 11.5 Å². The van der Waals surface area contributed by atoms with Gasteiger partial charge < -0.3 is 14.8 Å². The fourth-order valence-electron chi connectivity index (χ4n) is 2.60. The predicted octanol–water partition coefficient (Wildman–Crippen LogP) is 4.85. The van der Waals surface area contributed by atoms with Crippen LogP contribution in [0.3, 0.4) is 0 Å². The number of thiocarbonyl (C=S) groups is 1. The van der Waals surface area contributed by atoms with Crippen LogP contribution in [0.25, 0.3) is 0 Å². The number of benzene rings is 2. The van der Waals surface area contributed by atoms with Crippen molar-refractivity contribution < 1.29 is 14.3 Å². The molecule has 5 nitrogen and oxygen atoms in total. The van der Waals surface area contributed by atoms with Gasteiger partial charge in [0, 0.05) is 12.1 Å². The van der Waals surface area contributed by atoms with Crippen molar-refractivity contribution in [3.8, 4) is 11.5 Å². The van der Waals surface area contributed by atoms with Gasteiger partial charge in [0.05, 0.1) is 12.7 Å². The second kappa shape index (κ2) is 12.1. The lowest BCUT2D eigenvalue weighted by Gasteiger charge is -2.12. The monoisotopic (exact) mass is 414 g/mol. The molecule has 2 aromatic carbocycles. The second-order valence-electron chi connectivity index (χ2n) is 7.03. The average Bonchev–Trinajstić information content (AvgIpc) is 2.71. The molecule has 0 aliphatic rings. The lowest BCUT2D eigenvalue weighted by atomic mass is 10.2. The van der Waals surface area contributed by atoms with Crippen LogP contribution in [0.2, 0.25) is 0 Å². The van der Waals surface area contributed by atoms with Gasteiger partial charge in [-0.3, -0.25) is 10.1 Å². The SMILES string of the molecule is CCCCCOc1ccc(C(=O)NC(=S)NCc2ccc(OC(C)C)cc2)cc1. The highest BCUT2D eigenvalue weighted by molar-refractivity contribution is 7.80. The molecule has 0 aliphatic heterocycles. The summed E-state index contributed by atoms with van der Waals surface area (Å²) in [5.74, 6) is 1.35. The molecule has 0 bridgehead atoms. The predicted molar refractivity (Wildman–Crippen MR) is 121 cm³/mol. The van der Waals surface area contributed by atoms with E-state index in [9.17, 15) is 4.79 Å². The highest BCUT2D eigenvalue weighted by Crippen LogP contribution is 2.14. The fraction of sp³-hybridized carbons (Fsp3) is 0.391. The molecule has 0 aliphatic carbocycles. The first-order chi connectivity index (χ1) is 14.0. The van der Waals surface area contributed by atoms with Gasteiger partial charge in [-0.15, -0.1) is 0 Å². The standard InChI is InChI=1S/C23H30N2O3S/c1-4-5-6-15-27-20-13-9-19(10-14-20)22(26)25-23(29)24-16-18-7-11-21(12-8-18)28-17(2)3/h7-14,17H,4-6,15-16H2,1-3H3,(H2,24,25,26,29). The fourth-order valence-corrected chi connectivity index (χ4v) is 2.77. The number of rotatable bonds is 10. The highest BCUT2D eigenvalue weighted by Gasteiger charge is 2.08. The van der Waals surface area contributed by atoms with E-state index < -0.39 is 0 Å². The molecule has 156 valence electrons. The average molecular weight is 415 g/mol. The van der Waals surface area contributed by atoms with Crippen LogP contribution in [0.4, 0.5) is 0 Å². The zero-order valence-electron chi connectivity index (χ0n) is 17.4. The van der Waals surface area contributed by atoms with Gasteiger partial charge in [-0.05, 0) is 74.4 Å². The Hall–Kier alpha value is -2.60. The molecular formula is C23H30N2O3S. The molecule has 2 N–H and O–H groups in total. The highest BCUT2D eigenvalue weighted by atomic mass is 32.1. The normalized spacial score (nSPS) is 10.5. The third-order valence-electron chi connectivity index (χ3n) is 4.11. The Morgan fingerprint density at radius 1 is 1.00 bits per heavy atom. The van der Waals surface area contributed by atoms with Crippen LogP contribution in [-0.2, 0) is 6.54 Å². The van der Waals surface area contributed by atoms with Crippen LogP contribution in [0, 0.1) is 0 Å². The maximum absolute atomic E-state index is 12.3. The Morgan fingerprint density at radius 2 is 1.66 bits per heavy atom. The summed E-state index contributed by atoms with van der Waals surface area (Å²) < 4.78 is 11.3. The van der Waals surface area contributed by atoms with Gasteiger partial charge in [-0.2, -0.15) is 0 Å². The lowest BCUT2D eigenvalue weighted by Crippen LogP contribution is -2.38. The summed E-state index contributed by atoms with van der Waals surface area (Å²) in [6.45, 7) is 7.35. The van der Waals surface area contributed by atoms with E-state index in [1.165, 1.54) is 0 Å². The van der Waals surface area contributed by atoms with E-state index >= 15 is 0 Å². The first-order valence-electron chi connectivity index (χ1n) is 10.1. The zero-order valence-corrected chi connectivity index (χ0v) is 18.2. The molecule has 2 rings (SSSR count). The van der Waals surface area contributed by atoms with E-state index in [2.05, 4.69) is 17.6 Å². The van der Waals surface area contributed by atoms with Gasteiger partial charge in [0.2, 0.25) is 0 Å². The van der Waals surface area contributed by atoms with Crippen molar-refractivity contribution in [3.63, 3.8) is 0 Å². The summed E-state index contributed by atoms with van der Waals surface area (Å²) in [5.41, 5.74) is 1.58. The number of hydrogen-bond acceptors (Lipinski definition) is 4.